The Labute approximate surface area is 110 Å². The molecule has 0 unspecified atom stereocenters. The molecule has 0 heterocycles. The van der Waals surface area contributed by atoms with Gasteiger partial charge in [-0.05, 0) is 23.8 Å². The summed E-state index contributed by atoms with van der Waals surface area (Å²) in [6.45, 7) is 0.640. The minimum Gasteiger partial charge on any atom is -0.494 e. The highest BCUT2D eigenvalue weighted by Crippen LogP contribution is 2.18. The van der Waals surface area contributed by atoms with E-state index in [0.29, 0.717) is 12.2 Å². The summed E-state index contributed by atoms with van der Waals surface area (Å²) in [5.74, 6) is -0.766. The zero-order valence-corrected chi connectivity index (χ0v) is 10.8. The van der Waals surface area contributed by atoms with E-state index in [1.54, 1.807) is 6.07 Å². The first kappa shape index (κ1) is 15.1. The van der Waals surface area contributed by atoms with Gasteiger partial charge in [0, 0.05) is 13.2 Å². The fourth-order valence-electron chi connectivity index (χ4n) is 1.24. The van der Waals surface area contributed by atoms with E-state index in [1.807, 2.05) is 0 Å². The quantitative estimate of drug-likeness (QED) is 0.463. The van der Waals surface area contributed by atoms with Gasteiger partial charge in [0.15, 0.2) is 11.6 Å². The number of carbonyl (C=O) groups is 1. The predicted octanol–water partition coefficient (Wildman–Crippen LogP) is 1.54. The molecule has 0 aromatic heterocycles. The van der Waals surface area contributed by atoms with E-state index in [1.165, 1.54) is 38.5 Å². The number of rotatable bonds is 7. The van der Waals surface area contributed by atoms with E-state index in [2.05, 4.69) is 5.48 Å². The van der Waals surface area contributed by atoms with Crippen LogP contribution in [0.2, 0.25) is 0 Å². The van der Waals surface area contributed by atoms with Crippen LogP contribution in [0.4, 0.5) is 4.39 Å². The van der Waals surface area contributed by atoms with E-state index in [0.717, 1.165) is 0 Å². The summed E-state index contributed by atoms with van der Waals surface area (Å²) in [7, 11) is 2.92. The number of hydrogen-bond donors (Lipinski definition) is 1. The molecule has 0 radical (unpaired) electrons. The zero-order chi connectivity index (χ0) is 14.1. The van der Waals surface area contributed by atoms with Crippen molar-refractivity contribution in [2.45, 2.75) is 0 Å². The van der Waals surface area contributed by atoms with Crippen molar-refractivity contribution < 1.29 is 23.5 Å². The Morgan fingerprint density at radius 3 is 2.79 bits per heavy atom. The van der Waals surface area contributed by atoms with Crippen LogP contribution in [-0.2, 0) is 14.4 Å². The summed E-state index contributed by atoms with van der Waals surface area (Å²) < 4.78 is 22.9. The van der Waals surface area contributed by atoms with Crippen LogP contribution in [-0.4, -0.2) is 33.3 Å². The minimum atomic E-state index is -0.485. The van der Waals surface area contributed by atoms with Gasteiger partial charge in [-0.2, -0.15) is 0 Å². The monoisotopic (exact) mass is 269 g/mol. The first-order valence-electron chi connectivity index (χ1n) is 5.59. The van der Waals surface area contributed by atoms with Crippen LogP contribution in [0, 0.1) is 5.82 Å². The van der Waals surface area contributed by atoms with Crippen molar-refractivity contribution in [1.29, 1.82) is 0 Å². The molecule has 0 saturated heterocycles. The molecule has 0 bridgehead atoms. The van der Waals surface area contributed by atoms with E-state index in [9.17, 15) is 9.18 Å². The molecular formula is C13H16FNO4. The molecule has 6 heteroatoms. The highest BCUT2D eigenvalue weighted by Gasteiger charge is 2.02. The fourth-order valence-corrected chi connectivity index (χ4v) is 1.24. The normalized spacial score (nSPS) is 10.7. The molecule has 104 valence electrons. The molecule has 1 amide bonds. The van der Waals surface area contributed by atoms with Crippen LogP contribution in [0.15, 0.2) is 24.3 Å². The van der Waals surface area contributed by atoms with Crippen molar-refractivity contribution >= 4 is 12.0 Å². The Kier molecular flexibility index (Phi) is 6.56. The van der Waals surface area contributed by atoms with Crippen molar-refractivity contribution in [1.82, 2.24) is 5.48 Å². The summed E-state index contributed by atoms with van der Waals surface area (Å²) in [6.07, 6.45) is 2.71. The highest BCUT2D eigenvalue weighted by atomic mass is 19.1. The molecule has 1 rings (SSSR count). The first-order chi connectivity index (χ1) is 9.17. The largest absolute Gasteiger partial charge is 0.494 e. The van der Waals surface area contributed by atoms with E-state index in [4.69, 9.17) is 14.3 Å². The molecule has 0 fully saturated rings. The number of nitrogens with one attached hydrogen (secondary N) is 1. The molecule has 5 nitrogen and oxygen atoms in total. The Morgan fingerprint density at radius 2 is 2.16 bits per heavy atom. The Bertz CT molecular complexity index is 448. The van der Waals surface area contributed by atoms with Gasteiger partial charge < -0.3 is 9.47 Å². The molecular weight excluding hydrogens is 253 g/mol. The maximum Gasteiger partial charge on any atom is 0.267 e. The predicted molar refractivity (Wildman–Crippen MR) is 68.0 cm³/mol. The van der Waals surface area contributed by atoms with Gasteiger partial charge >= 0.3 is 0 Å². The smallest absolute Gasteiger partial charge is 0.267 e. The lowest BCUT2D eigenvalue weighted by Crippen LogP contribution is -2.23. The second-order valence-corrected chi connectivity index (χ2v) is 3.53. The van der Waals surface area contributed by atoms with Gasteiger partial charge in [-0.15, -0.1) is 0 Å². The van der Waals surface area contributed by atoms with Crippen LogP contribution in [0.1, 0.15) is 5.56 Å². The SMILES string of the molecule is COCCONC(=O)/C=C/c1ccc(OC)c(F)c1. The highest BCUT2D eigenvalue weighted by molar-refractivity contribution is 5.90. The number of benzene rings is 1. The third-order valence-corrected chi connectivity index (χ3v) is 2.17. The Balaban J connectivity index is 2.47. The van der Waals surface area contributed by atoms with Crippen molar-refractivity contribution in [3.8, 4) is 5.75 Å². The lowest BCUT2D eigenvalue weighted by Gasteiger charge is -2.03. The Hall–Kier alpha value is -1.92. The molecule has 0 saturated carbocycles. The zero-order valence-electron chi connectivity index (χ0n) is 10.8. The second kappa shape index (κ2) is 8.23. The summed E-state index contributed by atoms with van der Waals surface area (Å²) in [5.41, 5.74) is 2.75. The lowest BCUT2D eigenvalue weighted by molar-refractivity contribution is -0.129. The van der Waals surface area contributed by atoms with Crippen LogP contribution < -0.4 is 10.2 Å². The molecule has 1 N–H and O–H groups in total. The van der Waals surface area contributed by atoms with Crippen molar-refractivity contribution in [3.05, 3.63) is 35.7 Å². The summed E-state index contributed by atoms with van der Waals surface area (Å²) in [5, 5.41) is 0. The molecule has 0 spiro atoms. The molecule has 0 aliphatic carbocycles. The second-order valence-electron chi connectivity index (χ2n) is 3.53. The van der Waals surface area contributed by atoms with Gasteiger partial charge in [-0.3, -0.25) is 9.63 Å². The topological polar surface area (TPSA) is 56.8 Å². The molecule has 1 aromatic carbocycles. The van der Waals surface area contributed by atoms with Gasteiger partial charge in [0.25, 0.3) is 5.91 Å². The van der Waals surface area contributed by atoms with E-state index >= 15 is 0 Å². The van der Waals surface area contributed by atoms with Gasteiger partial charge in [0.1, 0.15) is 0 Å². The molecule has 0 aliphatic heterocycles. The van der Waals surface area contributed by atoms with Gasteiger partial charge in [-0.25, -0.2) is 9.87 Å². The summed E-state index contributed by atoms with van der Waals surface area (Å²) in [6, 6.07) is 4.40. The average Bonchev–Trinajstić information content (AvgIpc) is 2.41. The standard InChI is InChI=1S/C13H16FNO4/c1-17-7-8-19-15-13(16)6-4-10-3-5-12(18-2)11(14)9-10/h3-6,9H,7-8H2,1-2H3,(H,15,16)/b6-4+. The average molecular weight is 269 g/mol. The van der Waals surface area contributed by atoms with E-state index < -0.39 is 11.7 Å². The van der Waals surface area contributed by atoms with Crippen LogP contribution in [0.5, 0.6) is 5.75 Å². The number of hydrogen-bond acceptors (Lipinski definition) is 4. The number of ether oxygens (including phenoxy) is 2. The maximum absolute atomic E-state index is 13.4. The molecule has 19 heavy (non-hydrogen) atoms. The Morgan fingerprint density at radius 1 is 1.37 bits per heavy atom. The van der Waals surface area contributed by atoms with Crippen molar-refractivity contribution in [2.24, 2.45) is 0 Å². The van der Waals surface area contributed by atoms with Crippen molar-refractivity contribution in [2.75, 3.05) is 27.4 Å². The number of amides is 1. The summed E-state index contributed by atoms with van der Waals surface area (Å²) in [4.78, 5) is 16.1. The number of methoxy groups -OCH3 is 2. The van der Waals surface area contributed by atoms with Gasteiger partial charge in [0.2, 0.25) is 0 Å². The summed E-state index contributed by atoms with van der Waals surface area (Å²) >= 11 is 0. The number of hydroxylamine groups is 1. The first-order valence-corrected chi connectivity index (χ1v) is 5.59. The third kappa shape index (κ3) is 5.50. The fraction of sp³-hybridized carbons (Fsp3) is 0.308. The molecule has 1 aromatic rings. The molecule has 0 aliphatic rings. The maximum atomic E-state index is 13.4. The van der Waals surface area contributed by atoms with Crippen molar-refractivity contribution in [3.63, 3.8) is 0 Å². The van der Waals surface area contributed by atoms with Crippen LogP contribution >= 0.6 is 0 Å². The lowest BCUT2D eigenvalue weighted by atomic mass is 10.2. The van der Waals surface area contributed by atoms with Gasteiger partial charge in [-0.1, -0.05) is 6.07 Å². The molecule has 0 atom stereocenters. The van der Waals surface area contributed by atoms with Gasteiger partial charge in [0.05, 0.1) is 20.3 Å². The number of carbonyl (C=O) groups excluding carboxylic acids is 1. The number of halogens is 1. The van der Waals surface area contributed by atoms with Crippen LogP contribution in [0.25, 0.3) is 6.08 Å². The third-order valence-electron chi connectivity index (χ3n) is 2.17. The minimum absolute atomic E-state index is 0.157. The van der Waals surface area contributed by atoms with Crippen LogP contribution in [0.3, 0.4) is 0 Å². The van der Waals surface area contributed by atoms with E-state index in [-0.39, 0.29) is 12.4 Å².